The standard InChI is InChI=1S/C17H20F3NO7/c1-5-11-21(13(23)17(18,19)20)16(14(24)27-7-3,15(25)28-8-4)10-9-12(22)26-6-2/h1,9-10H,6-8,11H2,2-4H3. The summed E-state index contributed by atoms with van der Waals surface area (Å²) in [7, 11) is 0. The van der Waals surface area contributed by atoms with Gasteiger partial charge in [-0.15, -0.1) is 6.42 Å². The van der Waals surface area contributed by atoms with Crippen LogP contribution in [0.25, 0.3) is 0 Å². The van der Waals surface area contributed by atoms with Gasteiger partial charge in [0, 0.05) is 6.08 Å². The fraction of sp³-hybridized carbons (Fsp3) is 0.529. The minimum Gasteiger partial charge on any atom is -0.464 e. The number of alkyl halides is 3. The summed E-state index contributed by atoms with van der Waals surface area (Å²) in [5, 5.41) is 0. The average molecular weight is 407 g/mol. The van der Waals surface area contributed by atoms with Crippen LogP contribution in [0.5, 0.6) is 0 Å². The van der Waals surface area contributed by atoms with Crippen molar-refractivity contribution in [2.45, 2.75) is 32.5 Å². The van der Waals surface area contributed by atoms with Gasteiger partial charge in [0.25, 0.3) is 5.54 Å². The molecule has 0 aromatic heterocycles. The van der Waals surface area contributed by atoms with Crippen molar-refractivity contribution in [3.63, 3.8) is 0 Å². The van der Waals surface area contributed by atoms with Gasteiger partial charge in [-0.1, -0.05) is 5.92 Å². The maximum Gasteiger partial charge on any atom is 0.471 e. The monoisotopic (exact) mass is 407 g/mol. The zero-order chi connectivity index (χ0) is 22.0. The van der Waals surface area contributed by atoms with Gasteiger partial charge >= 0.3 is 30.0 Å². The number of hydrogen-bond donors (Lipinski definition) is 0. The number of halogens is 3. The zero-order valence-corrected chi connectivity index (χ0v) is 15.5. The topological polar surface area (TPSA) is 99.2 Å². The van der Waals surface area contributed by atoms with Gasteiger partial charge in [0.2, 0.25) is 0 Å². The number of esters is 3. The lowest BCUT2D eigenvalue weighted by Crippen LogP contribution is -2.64. The van der Waals surface area contributed by atoms with Crippen molar-refractivity contribution in [3.8, 4) is 12.3 Å². The van der Waals surface area contributed by atoms with E-state index < -0.39 is 42.1 Å². The van der Waals surface area contributed by atoms with Crippen molar-refractivity contribution < 1.29 is 46.6 Å². The molecule has 0 radical (unpaired) electrons. The zero-order valence-electron chi connectivity index (χ0n) is 15.5. The highest BCUT2D eigenvalue weighted by Crippen LogP contribution is 2.28. The molecule has 0 rings (SSSR count). The Hall–Kier alpha value is -3.03. The van der Waals surface area contributed by atoms with E-state index >= 15 is 0 Å². The maximum absolute atomic E-state index is 13.1. The van der Waals surface area contributed by atoms with Crippen LogP contribution in [0.4, 0.5) is 13.2 Å². The molecule has 11 heteroatoms. The lowest BCUT2D eigenvalue weighted by Gasteiger charge is -2.36. The van der Waals surface area contributed by atoms with E-state index in [1.807, 2.05) is 0 Å². The largest absolute Gasteiger partial charge is 0.471 e. The Morgan fingerprint density at radius 3 is 1.79 bits per heavy atom. The highest BCUT2D eigenvalue weighted by Gasteiger charge is 2.59. The van der Waals surface area contributed by atoms with Crippen molar-refractivity contribution in [3.05, 3.63) is 12.2 Å². The van der Waals surface area contributed by atoms with Crippen LogP contribution < -0.4 is 0 Å². The Morgan fingerprint density at radius 2 is 1.43 bits per heavy atom. The molecule has 0 atom stereocenters. The van der Waals surface area contributed by atoms with Gasteiger partial charge in [-0.3, -0.25) is 9.69 Å². The molecule has 0 fully saturated rings. The number of nitrogens with zero attached hydrogens (tertiary/aromatic N) is 1. The lowest BCUT2D eigenvalue weighted by molar-refractivity contribution is -0.197. The van der Waals surface area contributed by atoms with Crippen molar-refractivity contribution >= 4 is 23.8 Å². The normalized spacial score (nSPS) is 11.5. The summed E-state index contributed by atoms with van der Waals surface area (Å²) in [6, 6.07) is 0. The predicted molar refractivity (Wildman–Crippen MR) is 88.4 cm³/mol. The van der Waals surface area contributed by atoms with E-state index in [2.05, 4.69) is 14.2 Å². The molecular weight excluding hydrogens is 387 g/mol. The molecule has 0 aromatic rings. The molecule has 0 saturated heterocycles. The fourth-order valence-electron chi connectivity index (χ4n) is 1.99. The van der Waals surface area contributed by atoms with E-state index in [1.54, 1.807) is 5.92 Å². The molecular formula is C17H20F3NO7. The summed E-state index contributed by atoms with van der Waals surface area (Å²) >= 11 is 0. The Labute approximate surface area is 159 Å². The second-order valence-electron chi connectivity index (χ2n) is 4.89. The minimum absolute atomic E-state index is 0.0927. The third-order valence-electron chi connectivity index (χ3n) is 3.08. The summed E-state index contributed by atoms with van der Waals surface area (Å²) in [5.41, 5.74) is -3.09. The van der Waals surface area contributed by atoms with Crippen molar-refractivity contribution in [1.29, 1.82) is 0 Å². The maximum atomic E-state index is 13.1. The molecule has 0 spiro atoms. The molecule has 0 unspecified atom stereocenters. The number of ether oxygens (including phenoxy) is 3. The number of amides is 1. The van der Waals surface area contributed by atoms with E-state index in [0.717, 1.165) is 0 Å². The summed E-state index contributed by atoms with van der Waals surface area (Å²) in [6.45, 7) is 2.19. The van der Waals surface area contributed by atoms with Crippen LogP contribution in [0.1, 0.15) is 20.8 Å². The van der Waals surface area contributed by atoms with Crippen LogP contribution in [0.15, 0.2) is 12.2 Å². The van der Waals surface area contributed by atoms with Crippen LogP contribution in [0.3, 0.4) is 0 Å². The molecule has 0 aliphatic rings. The molecule has 0 aromatic carbocycles. The highest BCUT2D eigenvalue weighted by molar-refractivity contribution is 6.11. The molecule has 156 valence electrons. The van der Waals surface area contributed by atoms with Crippen molar-refractivity contribution in [2.75, 3.05) is 26.4 Å². The second kappa shape index (κ2) is 11.0. The predicted octanol–water partition coefficient (Wildman–Crippen LogP) is 0.995. The minimum atomic E-state index is -5.49. The van der Waals surface area contributed by atoms with E-state index in [1.165, 1.54) is 20.8 Å². The molecule has 0 heterocycles. The first-order chi connectivity index (χ1) is 13.0. The molecule has 1 amide bonds. The van der Waals surface area contributed by atoms with Crippen LogP contribution in [0.2, 0.25) is 0 Å². The Balaban J connectivity index is 6.74. The third-order valence-corrected chi connectivity index (χ3v) is 3.08. The van der Waals surface area contributed by atoms with Gasteiger partial charge in [-0.05, 0) is 26.8 Å². The Kier molecular flexibility index (Phi) is 9.77. The molecule has 28 heavy (non-hydrogen) atoms. The third kappa shape index (κ3) is 6.00. The number of terminal acetylenes is 1. The van der Waals surface area contributed by atoms with E-state index in [9.17, 15) is 32.3 Å². The van der Waals surface area contributed by atoms with Gasteiger partial charge in [0.15, 0.2) is 0 Å². The summed E-state index contributed by atoms with van der Waals surface area (Å²) in [4.78, 5) is 48.4. The average Bonchev–Trinajstić information content (AvgIpc) is 2.60. The number of carbonyl (C=O) groups is 4. The van der Waals surface area contributed by atoms with E-state index in [4.69, 9.17) is 6.42 Å². The van der Waals surface area contributed by atoms with Gasteiger partial charge in [0.1, 0.15) is 0 Å². The molecule has 0 aliphatic carbocycles. The highest BCUT2D eigenvalue weighted by atomic mass is 19.4. The second-order valence-corrected chi connectivity index (χ2v) is 4.89. The number of rotatable bonds is 9. The Bertz CT molecular complexity index is 647. The van der Waals surface area contributed by atoms with Crippen LogP contribution in [-0.4, -0.2) is 66.8 Å². The number of hydrogen-bond acceptors (Lipinski definition) is 7. The van der Waals surface area contributed by atoms with Crippen LogP contribution in [0, 0.1) is 12.3 Å². The number of carbonyl (C=O) groups excluding carboxylic acids is 4. The summed E-state index contributed by atoms with van der Waals surface area (Å²) < 4.78 is 53.2. The smallest absolute Gasteiger partial charge is 0.464 e. The van der Waals surface area contributed by atoms with Crippen LogP contribution in [-0.2, 0) is 33.4 Å². The summed E-state index contributed by atoms with van der Waals surface area (Å²) in [6.07, 6.45) is 0.505. The van der Waals surface area contributed by atoms with Gasteiger partial charge < -0.3 is 14.2 Å². The first-order valence-electron chi connectivity index (χ1n) is 8.05. The quantitative estimate of drug-likeness (QED) is 0.185. The van der Waals surface area contributed by atoms with Crippen LogP contribution >= 0.6 is 0 Å². The molecule has 0 bridgehead atoms. The summed E-state index contributed by atoms with van der Waals surface area (Å²) in [5.74, 6) is -5.07. The van der Waals surface area contributed by atoms with Crippen molar-refractivity contribution in [1.82, 2.24) is 4.90 Å². The van der Waals surface area contributed by atoms with Crippen molar-refractivity contribution in [2.24, 2.45) is 0 Å². The van der Waals surface area contributed by atoms with E-state index in [0.29, 0.717) is 12.2 Å². The van der Waals surface area contributed by atoms with E-state index in [-0.39, 0.29) is 24.7 Å². The Morgan fingerprint density at radius 1 is 0.964 bits per heavy atom. The molecule has 0 saturated carbocycles. The first-order valence-corrected chi connectivity index (χ1v) is 8.05. The molecule has 0 N–H and O–H groups in total. The van der Waals surface area contributed by atoms with Gasteiger partial charge in [0.05, 0.1) is 26.4 Å². The fourth-order valence-corrected chi connectivity index (χ4v) is 1.99. The first kappa shape index (κ1) is 25.0. The molecule has 8 nitrogen and oxygen atoms in total. The SMILES string of the molecule is C#CCN(C(=O)C(F)(F)F)C(C=CC(=O)OCC)(C(=O)OCC)C(=O)OCC. The van der Waals surface area contributed by atoms with Gasteiger partial charge in [-0.25, -0.2) is 14.4 Å². The van der Waals surface area contributed by atoms with Gasteiger partial charge in [-0.2, -0.15) is 13.2 Å². The molecule has 0 aliphatic heterocycles. The lowest BCUT2D eigenvalue weighted by atomic mass is 9.95.